The number of nitriles is 1. The first-order chi connectivity index (χ1) is 11.2. The summed E-state index contributed by atoms with van der Waals surface area (Å²) in [5.41, 5.74) is 4.14. The summed E-state index contributed by atoms with van der Waals surface area (Å²) in [6.45, 7) is 2.32. The Balaban J connectivity index is 2.09. The molecule has 23 heavy (non-hydrogen) atoms. The standard InChI is InChI=1S/C20H16N2O/c1-15-18-9-5-6-10-19(18)22(20(15)14-23)13-17(12-21)11-16-7-3-2-4-8-16/h2-11,14H,13H2,1H3/b17-11+. The molecule has 0 atom stereocenters. The van der Waals surface area contributed by atoms with E-state index in [4.69, 9.17) is 0 Å². The molecule has 0 aliphatic rings. The second kappa shape index (κ2) is 6.33. The molecule has 0 aliphatic carbocycles. The summed E-state index contributed by atoms with van der Waals surface area (Å²) in [5.74, 6) is 0. The van der Waals surface area contributed by atoms with Gasteiger partial charge in [-0.3, -0.25) is 4.79 Å². The Morgan fingerprint density at radius 2 is 1.83 bits per heavy atom. The van der Waals surface area contributed by atoms with E-state index in [0.29, 0.717) is 17.8 Å². The molecule has 1 heterocycles. The molecule has 0 saturated carbocycles. The van der Waals surface area contributed by atoms with Crippen LogP contribution in [0, 0.1) is 18.3 Å². The largest absolute Gasteiger partial charge is 0.333 e. The molecule has 0 aliphatic heterocycles. The maximum absolute atomic E-state index is 11.5. The minimum Gasteiger partial charge on any atom is -0.333 e. The Morgan fingerprint density at radius 1 is 1.13 bits per heavy atom. The van der Waals surface area contributed by atoms with Gasteiger partial charge in [-0.05, 0) is 30.2 Å². The molecule has 0 saturated heterocycles. The highest BCUT2D eigenvalue weighted by Gasteiger charge is 2.14. The summed E-state index contributed by atoms with van der Waals surface area (Å²) < 4.78 is 1.91. The van der Waals surface area contributed by atoms with Gasteiger partial charge in [0, 0.05) is 16.5 Å². The van der Waals surface area contributed by atoms with E-state index in [1.165, 1.54) is 0 Å². The van der Waals surface area contributed by atoms with E-state index in [0.717, 1.165) is 28.3 Å². The molecule has 2 aromatic carbocycles. The van der Waals surface area contributed by atoms with E-state index in [-0.39, 0.29) is 0 Å². The van der Waals surface area contributed by atoms with Gasteiger partial charge in [0.2, 0.25) is 0 Å². The van der Waals surface area contributed by atoms with Crippen molar-refractivity contribution >= 4 is 23.3 Å². The number of fused-ring (bicyclic) bond motifs is 1. The average Bonchev–Trinajstić information content (AvgIpc) is 2.87. The van der Waals surface area contributed by atoms with Gasteiger partial charge in [-0.15, -0.1) is 0 Å². The Bertz CT molecular complexity index is 927. The molecule has 0 fully saturated rings. The topological polar surface area (TPSA) is 45.8 Å². The zero-order chi connectivity index (χ0) is 16.2. The van der Waals surface area contributed by atoms with Crippen molar-refractivity contribution in [2.75, 3.05) is 0 Å². The number of rotatable bonds is 4. The molecule has 3 aromatic rings. The molecule has 112 valence electrons. The Kier molecular flexibility index (Phi) is 4.07. The number of aryl methyl sites for hydroxylation is 1. The van der Waals surface area contributed by atoms with Crippen LogP contribution in [0.2, 0.25) is 0 Å². The van der Waals surface area contributed by atoms with Crippen LogP contribution < -0.4 is 0 Å². The predicted molar refractivity (Wildman–Crippen MR) is 92.1 cm³/mol. The Morgan fingerprint density at radius 3 is 2.52 bits per heavy atom. The lowest BCUT2D eigenvalue weighted by molar-refractivity contribution is 0.111. The van der Waals surface area contributed by atoms with Gasteiger partial charge >= 0.3 is 0 Å². The van der Waals surface area contributed by atoms with Crippen molar-refractivity contribution < 1.29 is 4.79 Å². The molecule has 1 aromatic heterocycles. The van der Waals surface area contributed by atoms with Crippen molar-refractivity contribution in [3.63, 3.8) is 0 Å². The lowest BCUT2D eigenvalue weighted by Gasteiger charge is -2.07. The number of hydrogen-bond acceptors (Lipinski definition) is 2. The number of benzene rings is 2. The van der Waals surface area contributed by atoms with Crippen LogP contribution in [-0.2, 0) is 6.54 Å². The number of aldehydes is 1. The number of para-hydroxylation sites is 1. The van der Waals surface area contributed by atoms with Crippen LogP contribution in [0.3, 0.4) is 0 Å². The molecule has 0 spiro atoms. The molecule has 3 heteroatoms. The molecule has 0 bridgehead atoms. The van der Waals surface area contributed by atoms with Gasteiger partial charge in [-0.1, -0.05) is 48.5 Å². The van der Waals surface area contributed by atoms with Crippen LogP contribution in [0.5, 0.6) is 0 Å². The highest BCUT2D eigenvalue weighted by molar-refractivity contribution is 5.93. The van der Waals surface area contributed by atoms with Crippen LogP contribution in [-0.4, -0.2) is 10.9 Å². The number of aromatic nitrogens is 1. The van der Waals surface area contributed by atoms with Crippen LogP contribution >= 0.6 is 0 Å². The van der Waals surface area contributed by atoms with E-state index in [2.05, 4.69) is 6.07 Å². The fraction of sp³-hybridized carbons (Fsp3) is 0.100. The van der Waals surface area contributed by atoms with Gasteiger partial charge in [0.05, 0.1) is 18.3 Å². The minimum absolute atomic E-state index is 0.383. The fourth-order valence-corrected chi connectivity index (χ4v) is 2.85. The fourth-order valence-electron chi connectivity index (χ4n) is 2.85. The Hall–Kier alpha value is -3.12. The van der Waals surface area contributed by atoms with Crippen molar-refractivity contribution in [1.82, 2.24) is 4.57 Å². The number of hydrogen-bond donors (Lipinski definition) is 0. The van der Waals surface area contributed by atoms with Crippen LogP contribution in [0.4, 0.5) is 0 Å². The van der Waals surface area contributed by atoms with Gasteiger partial charge in [0.15, 0.2) is 6.29 Å². The molecule has 0 unspecified atom stereocenters. The van der Waals surface area contributed by atoms with Crippen molar-refractivity contribution in [3.8, 4) is 6.07 Å². The van der Waals surface area contributed by atoms with E-state index in [1.807, 2.05) is 72.2 Å². The summed E-state index contributed by atoms with van der Waals surface area (Å²) in [6.07, 6.45) is 2.73. The predicted octanol–water partition coefficient (Wildman–Crippen LogP) is 4.37. The molecule has 0 N–H and O–H groups in total. The van der Waals surface area contributed by atoms with E-state index in [9.17, 15) is 10.1 Å². The maximum Gasteiger partial charge on any atom is 0.166 e. The van der Waals surface area contributed by atoms with E-state index in [1.54, 1.807) is 0 Å². The Labute approximate surface area is 135 Å². The van der Waals surface area contributed by atoms with Crippen molar-refractivity contribution in [2.24, 2.45) is 0 Å². The SMILES string of the molecule is Cc1c(C=O)n(C/C(C#N)=C/c2ccccc2)c2ccccc12. The zero-order valence-corrected chi connectivity index (χ0v) is 12.9. The third-order valence-corrected chi connectivity index (χ3v) is 4.00. The lowest BCUT2D eigenvalue weighted by Crippen LogP contribution is -2.04. The van der Waals surface area contributed by atoms with Crippen molar-refractivity contribution in [3.05, 3.63) is 77.0 Å². The molecule has 3 nitrogen and oxygen atoms in total. The number of nitrogens with zero attached hydrogens (tertiary/aromatic N) is 2. The van der Waals surface area contributed by atoms with Crippen molar-refractivity contribution in [1.29, 1.82) is 5.26 Å². The molecule has 0 radical (unpaired) electrons. The van der Waals surface area contributed by atoms with Gasteiger partial charge in [0.1, 0.15) is 0 Å². The highest BCUT2D eigenvalue weighted by Crippen LogP contribution is 2.25. The minimum atomic E-state index is 0.383. The first-order valence-corrected chi connectivity index (χ1v) is 7.43. The number of carbonyl (C=O) groups excluding carboxylic acids is 1. The van der Waals surface area contributed by atoms with Crippen LogP contribution in [0.25, 0.3) is 17.0 Å². The number of allylic oxidation sites excluding steroid dienone is 1. The first kappa shape index (κ1) is 14.8. The second-order valence-electron chi connectivity index (χ2n) is 5.42. The molecular weight excluding hydrogens is 284 g/mol. The van der Waals surface area contributed by atoms with Gasteiger partial charge in [0.25, 0.3) is 0 Å². The summed E-state index contributed by atoms with van der Waals surface area (Å²) in [5, 5.41) is 10.5. The average molecular weight is 300 g/mol. The van der Waals surface area contributed by atoms with Crippen LogP contribution in [0.15, 0.2) is 60.2 Å². The lowest BCUT2D eigenvalue weighted by atomic mass is 10.1. The van der Waals surface area contributed by atoms with E-state index >= 15 is 0 Å². The van der Waals surface area contributed by atoms with Crippen molar-refractivity contribution in [2.45, 2.75) is 13.5 Å². The third-order valence-electron chi connectivity index (χ3n) is 4.00. The number of carbonyl (C=O) groups is 1. The second-order valence-corrected chi connectivity index (χ2v) is 5.42. The highest BCUT2D eigenvalue weighted by atomic mass is 16.1. The summed E-state index contributed by atoms with van der Waals surface area (Å²) in [6, 6.07) is 19.9. The van der Waals surface area contributed by atoms with Crippen LogP contribution in [0.1, 0.15) is 21.6 Å². The first-order valence-electron chi connectivity index (χ1n) is 7.43. The maximum atomic E-state index is 11.5. The smallest absolute Gasteiger partial charge is 0.166 e. The van der Waals surface area contributed by atoms with E-state index < -0.39 is 0 Å². The zero-order valence-electron chi connectivity index (χ0n) is 12.9. The monoisotopic (exact) mass is 300 g/mol. The van der Waals surface area contributed by atoms with Gasteiger partial charge in [-0.25, -0.2) is 0 Å². The quantitative estimate of drug-likeness (QED) is 0.530. The summed E-state index contributed by atoms with van der Waals surface area (Å²) >= 11 is 0. The summed E-state index contributed by atoms with van der Waals surface area (Å²) in [4.78, 5) is 11.5. The molecular formula is C20H16N2O. The van der Waals surface area contributed by atoms with Gasteiger partial charge < -0.3 is 4.57 Å². The molecule has 3 rings (SSSR count). The third kappa shape index (κ3) is 2.79. The normalized spacial score (nSPS) is 11.4. The van der Waals surface area contributed by atoms with Gasteiger partial charge in [-0.2, -0.15) is 5.26 Å². The summed E-state index contributed by atoms with van der Waals surface area (Å²) in [7, 11) is 0. The molecule has 0 amide bonds.